The molecule has 1 fully saturated rings. The van der Waals surface area contributed by atoms with Crippen LogP contribution in [0.15, 0.2) is 28.2 Å². The van der Waals surface area contributed by atoms with Crippen LogP contribution in [-0.2, 0) is 4.79 Å². The Morgan fingerprint density at radius 1 is 1.38 bits per heavy atom. The molecule has 128 valence electrons. The van der Waals surface area contributed by atoms with Gasteiger partial charge in [0.05, 0.1) is 0 Å². The highest BCUT2D eigenvalue weighted by Gasteiger charge is 2.19. The molecule has 0 aromatic heterocycles. The monoisotopic (exact) mass is 398 g/mol. The van der Waals surface area contributed by atoms with Gasteiger partial charge in [-0.1, -0.05) is 35.2 Å². The second-order valence-corrected chi connectivity index (χ2v) is 6.45. The largest absolute Gasteiger partial charge is 0.434 e. The lowest BCUT2D eigenvalue weighted by molar-refractivity contribution is -0.117. The molecule has 0 radical (unpaired) electrons. The van der Waals surface area contributed by atoms with Gasteiger partial charge in [0, 0.05) is 16.1 Å². The Morgan fingerprint density at radius 2 is 2.08 bits per heavy atom. The summed E-state index contributed by atoms with van der Waals surface area (Å²) < 4.78 is 30.0. The van der Waals surface area contributed by atoms with Crippen molar-refractivity contribution in [2.75, 3.05) is 0 Å². The van der Waals surface area contributed by atoms with Crippen LogP contribution in [0.1, 0.15) is 37.7 Å². The summed E-state index contributed by atoms with van der Waals surface area (Å²) in [7, 11) is 0. The number of nitriles is 1. The minimum absolute atomic E-state index is 0.0577. The van der Waals surface area contributed by atoms with Gasteiger partial charge in [0.2, 0.25) is 0 Å². The van der Waals surface area contributed by atoms with E-state index >= 15 is 0 Å². The van der Waals surface area contributed by atoms with Crippen molar-refractivity contribution in [1.82, 2.24) is 5.32 Å². The minimum Gasteiger partial charge on any atom is -0.434 e. The fourth-order valence-corrected chi connectivity index (χ4v) is 3.03. The zero-order chi connectivity index (χ0) is 17.5. The number of ether oxygens (including phenoxy) is 1. The zero-order valence-electron chi connectivity index (χ0n) is 12.9. The molecule has 0 unspecified atom stereocenters. The molecule has 0 atom stereocenters. The second kappa shape index (κ2) is 8.78. The van der Waals surface area contributed by atoms with E-state index in [-0.39, 0.29) is 22.9 Å². The molecule has 0 aliphatic heterocycles. The molecule has 4 nitrogen and oxygen atoms in total. The number of hydrogen-bond acceptors (Lipinski definition) is 3. The van der Waals surface area contributed by atoms with Gasteiger partial charge < -0.3 is 10.1 Å². The number of hydrogen-bond donors (Lipinski definition) is 1. The highest BCUT2D eigenvalue weighted by Crippen LogP contribution is 2.27. The third kappa shape index (κ3) is 5.31. The number of alkyl halides is 2. The van der Waals surface area contributed by atoms with Crippen LogP contribution in [0.3, 0.4) is 0 Å². The summed E-state index contributed by atoms with van der Waals surface area (Å²) in [5.41, 5.74) is 0.0952. The van der Waals surface area contributed by atoms with Crippen molar-refractivity contribution in [3.05, 3.63) is 33.8 Å². The summed E-state index contributed by atoms with van der Waals surface area (Å²) in [6.45, 7) is -2.99. The van der Waals surface area contributed by atoms with Gasteiger partial charge in [-0.25, -0.2) is 0 Å². The van der Waals surface area contributed by atoms with Gasteiger partial charge >= 0.3 is 6.61 Å². The highest BCUT2D eigenvalue weighted by atomic mass is 79.9. The lowest BCUT2D eigenvalue weighted by Crippen LogP contribution is -2.36. The first kappa shape index (κ1) is 18.4. The molecule has 0 saturated heterocycles. The van der Waals surface area contributed by atoms with Gasteiger partial charge in [-0.05, 0) is 37.1 Å². The standard InChI is InChI=1S/C17H17BrF2N2O2/c18-13-6-7-15(24-17(19)20)11(9-13)8-12(10-21)16(23)22-14-4-2-1-3-5-14/h6-9,14,17H,1-5H2,(H,22,23)/b12-8+. The molecular weight excluding hydrogens is 382 g/mol. The molecule has 0 bridgehead atoms. The van der Waals surface area contributed by atoms with Gasteiger partial charge in [-0.3, -0.25) is 4.79 Å². The van der Waals surface area contributed by atoms with Crippen LogP contribution < -0.4 is 10.1 Å². The second-order valence-electron chi connectivity index (χ2n) is 5.54. The van der Waals surface area contributed by atoms with Crippen molar-refractivity contribution in [2.45, 2.75) is 44.8 Å². The highest BCUT2D eigenvalue weighted by molar-refractivity contribution is 9.10. The van der Waals surface area contributed by atoms with Crippen molar-refractivity contribution in [3.63, 3.8) is 0 Å². The molecule has 0 spiro atoms. The molecule has 1 aliphatic rings. The number of carbonyl (C=O) groups is 1. The topological polar surface area (TPSA) is 62.1 Å². The van der Waals surface area contributed by atoms with Crippen LogP contribution >= 0.6 is 15.9 Å². The van der Waals surface area contributed by atoms with E-state index < -0.39 is 12.5 Å². The Hall–Kier alpha value is -1.94. The van der Waals surface area contributed by atoms with E-state index in [1.54, 1.807) is 6.07 Å². The number of benzene rings is 1. The molecule has 1 N–H and O–H groups in total. The van der Waals surface area contributed by atoms with E-state index in [2.05, 4.69) is 26.0 Å². The Morgan fingerprint density at radius 3 is 2.71 bits per heavy atom. The van der Waals surface area contributed by atoms with Crippen LogP contribution in [-0.4, -0.2) is 18.6 Å². The van der Waals surface area contributed by atoms with Gasteiger partial charge in [-0.15, -0.1) is 0 Å². The first-order valence-electron chi connectivity index (χ1n) is 7.66. The Bertz CT molecular complexity index is 665. The third-order valence-corrected chi connectivity index (χ3v) is 4.29. The maximum absolute atomic E-state index is 12.5. The quantitative estimate of drug-likeness (QED) is 0.590. The van der Waals surface area contributed by atoms with Crippen molar-refractivity contribution in [1.29, 1.82) is 5.26 Å². The Kier molecular flexibility index (Phi) is 6.73. The average molecular weight is 399 g/mol. The first-order chi connectivity index (χ1) is 11.5. The number of rotatable bonds is 5. The van der Waals surface area contributed by atoms with Crippen LogP contribution in [0.5, 0.6) is 5.75 Å². The van der Waals surface area contributed by atoms with E-state index in [1.807, 2.05) is 6.07 Å². The number of nitrogens with zero attached hydrogens (tertiary/aromatic N) is 1. The first-order valence-corrected chi connectivity index (χ1v) is 8.46. The molecule has 7 heteroatoms. The van der Waals surface area contributed by atoms with Crippen LogP contribution in [0.2, 0.25) is 0 Å². The van der Waals surface area contributed by atoms with Gasteiger partial charge in [0.25, 0.3) is 5.91 Å². The summed E-state index contributed by atoms with van der Waals surface area (Å²) in [6, 6.07) is 6.31. The Balaban J connectivity index is 2.21. The van der Waals surface area contributed by atoms with Crippen LogP contribution in [0.25, 0.3) is 6.08 Å². The van der Waals surface area contributed by atoms with Crippen LogP contribution in [0.4, 0.5) is 8.78 Å². The van der Waals surface area contributed by atoms with Gasteiger partial charge in [0.1, 0.15) is 17.4 Å². The van der Waals surface area contributed by atoms with Crippen molar-refractivity contribution in [2.24, 2.45) is 0 Å². The molecule has 24 heavy (non-hydrogen) atoms. The summed E-state index contributed by atoms with van der Waals surface area (Å²) in [5.74, 6) is -0.584. The van der Waals surface area contributed by atoms with Crippen molar-refractivity contribution >= 4 is 27.9 Å². The number of nitrogens with one attached hydrogen (secondary N) is 1. The van der Waals surface area contributed by atoms with Gasteiger partial charge in [-0.2, -0.15) is 14.0 Å². The van der Waals surface area contributed by atoms with E-state index in [0.717, 1.165) is 32.1 Å². The fraction of sp³-hybridized carbons (Fsp3) is 0.412. The lowest BCUT2D eigenvalue weighted by atomic mass is 9.95. The van der Waals surface area contributed by atoms with Crippen LogP contribution in [0, 0.1) is 11.3 Å². The summed E-state index contributed by atoms with van der Waals surface area (Å²) >= 11 is 3.24. The number of amides is 1. The SMILES string of the molecule is N#C/C(=C\c1cc(Br)ccc1OC(F)F)C(=O)NC1CCCCC1. The van der Waals surface area contributed by atoms with Crippen molar-refractivity contribution < 1.29 is 18.3 Å². The fourth-order valence-electron chi connectivity index (χ4n) is 2.65. The zero-order valence-corrected chi connectivity index (χ0v) is 14.5. The smallest absolute Gasteiger partial charge is 0.387 e. The van der Waals surface area contributed by atoms with E-state index in [9.17, 15) is 18.8 Å². The lowest BCUT2D eigenvalue weighted by Gasteiger charge is -2.22. The summed E-state index contributed by atoms with van der Waals surface area (Å²) in [5, 5.41) is 12.1. The summed E-state index contributed by atoms with van der Waals surface area (Å²) in [4.78, 5) is 12.3. The van der Waals surface area contributed by atoms with E-state index in [0.29, 0.717) is 4.47 Å². The molecule has 1 amide bonds. The normalized spacial score (nSPS) is 15.9. The Labute approximate surface area is 147 Å². The maximum atomic E-state index is 12.5. The van der Waals surface area contributed by atoms with E-state index in [4.69, 9.17) is 0 Å². The molecule has 2 rings (SSSR count). The molecule has 0 heterocycles. The average Bonchev–Trinajstić information content (AvgIpc) is 2.55. The molecule has 1 aromatic rings. The predicted octanol–water partition coefficient (Wildman–Crippen LogP) is 4.41. The molecule has 1 aliphatic carbocycles. The third-order valence-electron chi connectivity index (χ3n) is 3.79. The molecule has 1 aromatic carbocycles. The maximum Gasteiger partial charge on any atom is 0.387 e. The van der Waals surface area contributed by atoms with Gasteiger partial charge in [0.15, 0.2) is 0 Å². The predicted molar refractivity (Wildman–Crippen MR) is 89.4 cm³/mol. The minimum atomic E-state index is -2.99. The molecule has 1 saturated carbocycles. The number of halogens is 3. The van der Waals surface area contributed by atoms with E-state index in [1.165, 1.54) is 18.2 Å². The van der Waals surface area contributed by atoms with Crippen molar-refractivity contribution in [3.8, 4) is 11.8 Å². The summed E-state index contributed by atoms with van der Waals surface area (Å²) in [6.07, 6.45) is 6.30. The molecular formula is C17H17BrF2N2O2. The number of carbonyl (C=O) groups excluding carboxylic acids is 1.